The van der Waals surface area contributed by atoms with Crippen LogP contribution in [0.4, 0.5) is 11.6 Å². The second-order valence-corrected chi connectivity index (χ2v) is 6.36. The van der Waals surface area contributed by atoms with Crippen LogP contribution in [0.3, 0.4) is 0 Å². The second-order valence-electron chi connectivity index (χ2n) is 6.36. The first-order valence-corrected chi connectivity index (χ1v) is 9.35. The van der Waals surface area contributed by atoms with Crippen molar-refractivity contribution in [2.45, 2.75) is 13.0 Å². The Morgan fingerprint density at radius 3 is 2.31 bits per heavy atom. The van der Waals surface area contributed by atoms with E-state index >= 15 is 0 Å². The highest BCUT2D eigenvalue weighted by molar-refractivity contribution is 5.48. The maximum Gasteiger partial charge on any atom is 0.161 e. The summed E-state index contributed by atoms with van der Waals surface area (Å²) in [6.07, 6.45) is 2.42. The molecule has 1 aromatic heterocycles. The average molecular weight is 394 g/mol. The van der Waals surface area contributed by atoms with Gasteiger partial charge in [0.25, 0.3) is 0 Å². The van der Waals surface area contributed by atoms with Crippen molar-refractivity contribution in [3.63, 3.8) is 0 Å². The predicted molar refractivity (Wildman–Crippen MR) is 114 cm³/mol. The van der Waals surface area contributed by atoms with Gasteiger partial charge in [0.15, 0.2) is 11.5 Å². The highest BCUT2D eigenvalue weighted by Crippen LogP contribution is 2.27. The van der Waals surface area contributed by atoms with Gasteiger partial charge in [-0.05, 0) is 41.8 Å². The van der Waals surface area contributed by atoms with Crippen LogP contribution in [-0.2, 0) is 13.0 Å². The lowest BCUT2D eigenvalue weighted by Crippen LogP contribution is -2.08. The second kappa shape index (κ2) is 10.2. The third-order valence-electron chi connectivity index (χ3n) is 4.44. The van der Waals surface area contributed by atoms with Crippen LogP contribution in [0.1, 0.15) is 11.1 Å². The molecule has 0 saturated heterocycles. The summed E-state index contributed by atoms with van der Waals surface area (Å²) in [5.74, 6) is 3.80. The molecule has 0 unspecified atom stereocenters. The molecule has 2 N–H and O–H groups in total. The summed E-state index contributed by atoms with van der Waals surface area (Å²) >= 11 is 0. The number of nitrogens with one attached hydrogen (secondary N) is 2. The number of methoxy groups -OCH3 is 3. The van der Waals surface area contributed by atoms with E-state index in [1.807, 2.05) is 42.5 Å². The zero-order valence-electron chi connectivity index (χ0n) is 16.9. The maximum atomic E-state index is 5.35. The minimum atomic E-state index is 0.612. The molecule has 0 spiro atoms. The average Bonchev–Trinajstić information content (AvgIpc) is 2.78. The molecular formula is C22H26N4O3. The summed E-state index contributed by atoms with van der Waals surface area (Å²) in [6.45, 7) is 1.37. The van der Waals surface area contributed by atoms with Gasteiger partial charge in [0.1, 0.15) is 23.7 Å². The summed E-state index contributed by atoms with van der Waals surface area (Å²) in [5, 5.41) is 6.64. The van der Waals surface area contributed by atoms with Gasteiger partial charge < -0.3 is 24.8 Å². The van der Waals surface area contributed by atoms with E-state index in [2.05, 4.69) is 26.7 Å². The van der Waals surface area contributed by atoms with Crippen LogP contribution in [0.15, 0.2) is 54.9 Å². The van der Waals surface area contributed by atoms with Crippen LogP contribution in [0.5, 0.6) is 17.2 Å². The maximum absolute atomic E-state index is 5.35. The largest absolute Gasteiger partial charge is 0.497 e. The van der Waals surface area contributed by atoms with Crippen LogP contribution >= 0.6 is 0 Å². The Morgan fingerprint density at radius 1 is 0.759 bits per heavy atom. The number of ether oxygens (including phenoxy) is 3. The van der Waals surface area contributed by atoms with E-state index in [9.17, 15) is 0 Å². The predicted octanol–water partition coefficient (Wildman–Crippen LogP) is 3.77. The minimum absolute atomic E-state index is 0.612. The summed E-state index contributed by atoms with van der Waals surface area (Å²) in [4.78, 5) is 8.57. The van der Waals surface area contributed by atoms with E-state index in [4.69, 9.17) is 14.2 Å². The highest BCUT2D eigenvalue weighted by atomic mass is 16.5. The van der Waals surface area contributed by atoms with Crippen molar-refractivity contribution < 1.29 is 14.2 Å². The first-order chi connectivity index (χ1) is 14.2. The molecule has 0 aliphatic rings. The van der Waals surface area contributed by atoms with Crippen molar-refractivity contribution in [2.24, 2.45) is 0 Å². The molecule has 7 heteroatoms. The van der Waals surface area contributed by atoms with E-state index in [-0.39, 0.29) is 0 Å². The third-order valence-corrected chi connectivity index (χ3v) is 4.44. The first-order valence-electron chi connectivity index (χ1n) is 9.35. The number of hydrogen-bond acceptors (Lipinski definition) is 7. The molecule has 0 radical (unpaired) electrons. The molecule has 0 aliphatic heterocycles. The van der Waals surface area contributed by atoms with Gasteiger partial charge in [0.05, 0.1) is 21.3 Å². The van der Waals surface area contributed by atoms with Crippen molar-refractivity contribution >= 4 is 11.6 Å². The quantitative estimate of drug-likeness (QED) is 0.542. The fourth-order valence-corrected chi connectivity index (χ4v) is 2.90. The zero-order valence-corrected chi connectivity index (χ0v) is 16.9. The van der Waals surface area contributed by atoms with E-state index in [0.29, 0.717) is 18.0 Å². The van der Waals surface area contributed by atoms with Crippen LogP contribution in [0.25, 0.3) is 0 Å². The van der Waals surface area contributed by atoms with E-state index < -0.39 is 0 Å². The summed E-state index contributed by atoms with van der Waals surface area (Å²) in [5.41, 5.74) is 2.27. The van der Waals surface area contributed by atoms with Crippen molar-refractivity contribution in [3.8, 4) is 17.2 Å². The molecule has 0 amide bonds. The van der Waals surface area contributed by atoms with Gasteiger partial charge in [0, 0.05) is 19.2 Å². The molecule has 0 fully saturated rings. The highest BCUT2D eigenvalue weighted by Gasteiger charge is 2.05. The van der Waals surface area contributed by atoms with Crippen LogP contribution in [-0.4, -0.2) is 37.8 Å². The van der Waals surface area contributed by atoms with Crippen molar-refractivity contribution in [2.75, 3.05) is 38.5 Å². The van der Waals surface area contributed by atoms with E-state index in [1.54, 1.807) is 27.7 Å². The first kappa shape index (κ1) is 20.3. The molecule has 2 aromatic carbocycles. The number of benzene rings is 2. The smallest absolute Gasteiger partial charge is 0.161 e. The molecule has 152 valence electrons. The molecule has 0 saturated carbocycles. The van der Waals surface area contributed by atoms with Gasteiger partial charge in [-0.3, -0.25) is 0 Å². The third kappa shape index (κ3) is 5.75. The number of hydrogen-bond donors (Lipinski definition) is 2. The molecule has 29 heavy (non-hydrogen) atoms. The normalized spacial score (nSPS) is 10.3. The number of aromatic nitrogens is 2. The molecule has 0 bridgehead atoms. The molecule has 7 nitrogen and oxygen atoms in total. The van der Waals surface area contributed by atoms with Crippen LogP contribution in [0, 0.1) is 0 Å². The molecule has 3 aromatic rings. The van der Waals surface area contributed by atoms with E-state index in [0.717, 1.165) is 35.9 Å². The van der Waals surface area contributed by atoms with Crippen molar-refractivity contribution in [1.29, 1.82) is 0 Å². The van der Waals surface area contributed by atoms with Crippen LogP contribution < -0.4 is 24.8 Å². The zero-order chi connectivity index (χ0) is 20.5. The van der Waals surface area contributed by atoms with Gasteiger partial charge in [-0.2, -0.15) is 0 Å². The molecular weight excluding hydrogens is 368 g/mol. The van der Waals surface area contributed by atoms with Gasteiger partial charge in [-0.1, -0.05) is 18.2 Å². The van der Waals surface area contributed by atoms with Crippen molar-refractivity contribution in [1.82, 2.24) is 9.97 Å². The molecule has 0 aliphatic carbocycles. The minimum Gasteiger partial charge on any atom is -0.497 e. The topological polar surface area (TPSA) is 77.5 Å². The fraction of sp³-hybridized carbons (Fsp3) is 0.273. The Morgan fingerprint density at radius 2 is 1.55 bits per heavy atom. The van der Waals surface area contributed by atoms with E-state index in [1.165, 1.54) is 5.56 Å². The Bertz CT molecular complexity index is 933. The number of rotatable bonds is 10. The lowest BCUT2D eigenvalue weighted by molar-refractivity contribution is 0.354. The molecule has 1 heterocycles. The fourth-order valence-electron chi connectivity index (χ4n) is 2.90. The van der Waals surface area contributed by atoms with Crippen molar-refractivity contribution in [3.05, 3.63) is 66.0 Å². The summed E-state index contributed by atoms with van der Waals surface area (Å²) in [7, 11) is 4.93. The van der Waals surface area contributed by atoms with Gasteiger partial charge in [0.2, 0.25) is 0 Å². The summed E-state index contributed by atoms with van der Waals surface area (Å²) in [6, 6.07) is 15.8. The lowest BCUT2D eigenvalue weighted by Gasteiger charge is -2.11. The van der Waals surface area contributed by atoms with Gasteiger partial charge >= 0.3 is 0 Å². The molecule has 3 rings (SSSR count). The SMILES string of the molecule is COc1cccc(CCNc2cc(NCc3ccc(OC)c(OC)c3)ncn2)c1. The van der Waals surface area contributed by atoms with Gasteiger partial charge in [-0.15, -0.1) is 0 Å². The number of nitrogens with zero attached hydrogens (tertiary/aromatic N) is 2. The number of anilines is 2. The Kier molecular flexibility index (Phi) is 7.10. The Balaban J connectivity index is 1.54. The molecule has 0 atom stereocenters. The standard InChI is InChI=1S/C22H26N4O3/c1-27-18-6-4-5-16(11-18)9-10-23-21-13-22(26-15-25-21)24-14-17-7-8-19(28-2)20(12-17)29-3/h4-8,11-13,15H,9-10,14H2,1-3H3,(H2,23,24,25,26). The van der Waals surface area contributed by atoms with Crippen LogP contribution in [0.2, 0.25) is 0 Å². The Labute approximate surface area is 171 Å². The summed E-state index contributed by atoms with van der Waals surface area (Å²) < 4.78 is 15.9. The monoisotopic (exact) mass is 394 g/mol. The lowest BCUT2D eigenvalue weighted by atomic mass is 10.1. The Hall–Kier alpha value is -3.48. The van der Waals surface area contributed by atoms with Gasteiger partial charge in [-0.25, -0.2) is 9.97 Å².